The summed E-state index contributed by atoms with van der Waals surface area (Å²) in [5.74, 6) is -0.279. The summed E-state index contributed by atoms with van der Waals surface area (Å²) < 4.78 is 4.82. The van der Waals surface area contributed by atoms with Gasteiger partial charge in [-0.15, -0.1) is 0 Å². The zero-order valence-electron chi connectivity index (χ0n) is 8.90. The Labute approximate surface area is 94.3 Å². The Morgan fingerprint density at radius 2 is 2.07 bits per heavy atom. The van der Waals surface area contributed by atoms with Crippen LogP contribution in [0.2, 0.25) is 0 Å². The minimum atomic E-state index is -0.279. The van der Waals surface area contributed by atoms with Crippen molar-refractivity contribution in [2.75, 3.05) is 6.61 Å². The largest absolute Gasteiger partial charge is 0.463 e. The fourth-order valence-electron chi connectivity index (χ4n) is 1.05. The number of allylic oxidation sites excluding steroid dienone is 1. The number of hydrogen-bond acceptors (Lipinski definition) is 3. The van der Waals surface area contributed by atoms with Gasteiger partial charge in [0, 0.05) is 11.0 Å². The normalized spacial score (nSPS) is 11.2. The molecule has 2 nitrogen and oxygen atoms in total. The number of carbonyl (C=O) groups is 1. The molecule has 0 bridgehead atoms. The van der Waals surface area contributed by atoms with Crippen LogP contribution < -0.4 is 0 Å². The Morgan fingerprint density at radius 1 is 1.40 bits per heavy atom. The first-order valence-corrected chi connectivity index (χ1v) is 5.62. The first-order chi connectivity index (χ1) is 7.22. The molecule has 0 aliphatic carbocycles. The lowest BCUT2D eigenvalue weighted by molar-refractivity contribution is -0.137. The summed E-state index contributed by atoms with van der Waals surface area (Å²) in [6.07, 6.45) is 1.52. The van der Waals surface area contributed by atoms with Crippen molar-refractivity contribution < 1.29 is 9.53 Å². The van der Waals surface area contributed by atoms with Gasteiger partial charge in [-0.25, -0.2) is 4.79 Å². The van der Waals surface area contributed by atoms with Gasteiger partial charge in [-0.05, 0) is 30.9 Å². The molecule has 0 atom stereocenters. The number of esters is 1. The van der Waals surface area contributed by atoms with Gasteiger partial charge in [-0.1, -0.05) is 30.0 Å². The Balaban J connectivity index is 2.55. The predicted molar refractivity (Wildman–Crippen MR) is 62.7 cm³/mol. The quantitative estimate of drug-likeness (QED) is 0.444. The van der Waals surface area contributed by atoms with Crippen LogP contribution in [0.15, 0.2) is 46.2 Å². The molecular weight excluding hydrogens is 208 g/mol. The van der Waals surface area contributed by atoms with Crippen LogP contribution in [0.4, 0.5) is 0 Å². The van der Waals surface area contributed by atoms with Crippen LogP contribution in [0.1, 0.15) is 13.8 Å². The van der Waals surface area contributed by atoms with Crippen molar-refractivity contribution in [3.05, 3.63) is 41.3 Å². The molecule has 0 aliphatic heterocycles. The van der Waals surface area contributed by atoms with E-state index in [0.29, 0.717) is 6.61 Å². The third kappa shape index (κ3) is 4.70. The van der Waals surface area contributed by atoms with Gasteiger partial charge in [0.1, 0.15) is 0 Å². The van der Waals surface area contributed by atoms with E-state index in [1.165, 1.54) is 6.08 Å². The van der Waals surface area contributed by atoms with E-state index in [0.717, 1.165) is 9.80 Å². The van der Waals surface area contributed by atoms with Crippen LogP contribution >= 0.6 is 11.8 Å². The maximum absolute atomic E-state index is 11.1. The third-order valence-electron chi connectivity index (χ3n) is 1.63. The Hall–Kier alpha value is -1.22. The number of rotatable bonds is 4. The van der Waals surface area contributed by atoms with Gasteiger partial charge in [0.05, 0.1) is 6.61 Å². The molecule has 0 fully saturated rings. The second-order valence-corrected chi connectivity index (χ2v) is 4.24. The highest BCUT2D eigenvalue weighted by Gasteiger charge is 1.99. The third-order valence-corrected chi connectivity index (χ3v) is 2.58. The van der Waals surface area contributed by atoms with Gasteiger partial charge in [0.25, 0.3) is 0 Å². The SMILES string of the molecule is CCOC(=O)/C=C(\C)Sc1ccccc1. The number of ether oxygens (including phenoxy) is 1. The van der Waals surface area contributed by atoms with E-state index in [2.05, 4.69) is 0 Å². The molecule has 0 spiro atoms. The van der Waals surface area contributed by atoms with Gasteiger partial charge in [-0.2, -0.15) is 0 Å². The first-order valence-electron chi connectivity index (χ1n) is 4.80. The summed E-state index contributed by atoms with van der Waals surface area (Å²) in [6, 6.07) is 9.93. The minimum Gasteiger partial charge on any atom is -0.463 e. The zero-order chi connectivity index (χ0) is 11.1. The van der Waals surface area contributed by atoms with E-state index in [1.807, 2.05) is 37.3 Å². The molecule has 1 aromatic rings. The Morgan fingerprint density at radius 3 is 2.67 bits per heavy atom. The number of hydrogen-bond donors (Lipinski definition) is 0. The summed E-state index contributed by atoms with van der Waals surface area (Å²) in [4.78, 5) is 13.2. The van der Waals surface area contributed by atoms with Gasteiger partial charge in [0.2, 0.25) is 0 Å². The zero-order valence-corrected chi connectivity index (χ0v) is 9.71. The van der Waals surface area contributed by atoms with Crippen molar-refractivity contribution in [1.82, 2.24) is 0 Å². The molecule has 0 heterocycles. The van der Waals surface area contributed by atoms with E-state index in [1.54, 1.807) is 18.7 Å². The highest BCUT2D eigenvalue weighted by Crippen LogP contribution is 2.25. The van der Waals surface area contributed by atoms with Gasteiger partial charge in [-0.3, -0.25) is 0 Å². The lowest BCUT2D eigenvalue weighted by Gasteiger charge is -2.01. The molecule has 0 saturated carbocycles. The van der Waals surface area contributed by atoms with Crippen LogP contribution in [-0.4, -0.2) is 12.6 Å². The van der Waals surface area contributed by atoms with E-state index in [4.69, 9.17) is 4.74 Å². The molecule has 0 aliphatic rings. The van der Waals surface area contributed by atoms with Crippen LogP contribution in [-0.2, 0) is 9.53 Å². The van der Waals surface area contributed by atoms with Crippen molar-refractivity contribution in [2.24, 2.45) is 0 Å². The van der Waals surface area contributed by atoms with Crippen LogP contribution in [0.5, 0.6) is 0 Å². The van der Waals surface area contributed by atoms with Crippen LogP contribution in [0, 0.1) is 0 Å². The molecule has 1 rings (SSSR count). The van der Waals surface area contributed by atoms with E-state index in [-0.39, 0.29) is 5.97 Å². The molecule has 0 unspecified atom stereocenters. The van der Waals surface area contributed by atoms with Crippen molar-refractivity contribution in [3.8, 4) is 0 Å². The van der Waals surface area contributed by atoms with Crippen molar-refractivity contribution in [1.29, 1.82) is 0 Å². The molecule has 0 amide bonds. The van der Waals surface area contributed by atoms with Crippen molar-refractivity contribution in [3.63, 3.8) is 0 Å². The van der Waals surface area contributed by atoms with Gasteiger partial charge in [0.15, 0.2) is 0 Å². The molecule has 1 aromatic carbocycles. The molecule has 3 heteroatoms. The second-order valence-electron chi connectivity index (χ2n) is 2.92. The molecule has 15 heavy (non-hydrogen) atoms. The number of benzene rings is 1. The van der Waals surface area contributed by atoms with Crippen LogP contribution in [0.3, 0.4) is 0 Å². The molecule has 80 valence electrons. The van der Waals surface area contributed by atoms with Gasteiger partial charge >= 0.3 is 5.97 Å². The fraction of sp³-hybridized carbons (Fsp3) is 0.250. The number of carbonyl (C=O) groups excluding carboxylic acids is 1. The molecular formula is C12H14O2S. The lowest BCUT2D eigenvalue weighted by atomic mass is 10.4. The average molecular weight is 222 g/mol. The lowest BCUT2D eigenvalue weighted by Crippen LogP contribution is -1.99. The predicted octanol–water partition coefficient (Wildman–Crippen LogP) is 3.25. The Bertz CT molecular complexity index is 344. The second kappa shape index (κ2) is 6.30. The monoisotopic (exact) mass is 222 g/mol. The Kier molecular flexibility index (Phi) is 4.98. The number of thioether (sulfide) groups is 1. The fourth-order valence-corrected chi connectivity index (χ4v) is 1.87. The summed E-state index contributed by atoms with van der Waals surface area (Å²) in [5, 5.41) is 0. The van der Waals surface area contributed by atoms with Crippen molar-refractivity contribution in [2.45, 2.75) is 18.7 Å². The van der Waals surface area contributed by atoms with Gasteiger partial charge < -0.3 is 4.74 Å². The summed E-state index contributed by atoms with van der Waals surface area (Å²) in [6.45, 7) is 4.11. The van der Waals surface area contributed by atoms with E-state index in [9.17, 15) is 4.79 Å². The maximum Gasteiger partial charge on any atom is 0.331 e. The highest BCUT2D eigenvalue weighted by atomic mass is 32.2. The maximum atomic E-state index is 11.1. The van der Waals surface area contributed by atoms with E-state index < -0.39 is 0 Å². The molecule has 0 aromatic heterocycles. The average Bonchev–Trinajstić information content (AvgIpc) is 2.19. The van der Waals surface area contributed by atoms with Crippen LogP contribution in [0.25, 0.3) is 0 Å². The minimum absolute atomic E-state index is 0.279. The molecule has 0 radical (unpaired) electrons. The summed E-state index contributed by atoms with van der Waals surface area (Å²) >= 11 is 1.56. The summed E-state index contributed by atoms with van der Waals surface area (Å²) in [5.41, 5.74) is 0. The highest BCUT2D eigenvalue weighted by molar-refractivity contribution is 8.03. The standard InChI is InChI=1S/C12H14O2S/c1-3-14-12(13)9-10(2)15-11-7-5-4-6-8-11/h4-9H,3H2,1-2H3/b10-9+. The molecule has 0 N–H and O–H groups in total. The molecule has 0 saturated heterocycles. The smallest absolute Gasteiger partial charge is 0.331 e. The summed E-state index contributed by atoms with van der Waals surface area (Å²) in [7, 11) is 0. The topological polar surface area (TPSA) is 26.3 Å². The van der Waals surface area contributed by atoms with Crippen molar-refractivity contribution >= 4 is 17.7 Å². The first kappa shape index (κ1) is 11.9. The van der Waals surface area contributed by atoms with E-state index >= 15 is 0 Å².